The molecule has 0 saturated heterocycles. The highest BCUT2D eigenvalue weighted by atomic mass is 16.5. The molecule has 0 heterocycles. The summed E-state index contributed by atoms with van der Waals surface area (Å²) in [4.78, 5) is 23.3. The van der Waals surface area contributed by atoms with Crippen LogP contribution >= 0.6 is 0 Å². The van der Waals surface area contributed by atoms with Gasteiger partial charge in [-0.1, -0.05) is 32.8 Å². The lowest BCUT2D eigenvalue weighted by atomic mass is 9.85. The summed E-state index contributed by atoms with van der Waals surface area (Å²) in [5.74, 6) is -1.07. The molecule has 0 aliphatic heterocycles. The molecule has 0 bridgehead atoms. The Kier molecular flexibility index (Phi) is 6.47. The number of rotatable bonds is 8. The second kappa shape index (κ2) is 7.90. The number of ether oxygens (including phenoxy) is 2. The fourth-order valence-corrected chi connectivity index (χ4v) is 1.61. The molecule has 0 radical (unpaired) electrons. The summed E-state index contributed by atoms with van der Waals surface area (Å²) in [5, 5.41) is 0. The van der Waals surface area contributed by atoms with Crippen LogP contribution in [-0.4, -0.2) is 25.2 Å². The molecule has 0 aromatic rings. The first-order valence-electron chi connectivity index (χ1n) is 6.74. The molecule has 1 unspecified atom stereocenters. The topological polar surface area (TPSA) is 52.6 Å². The van der Waals surface area contributed by atoms with Crippen molar-refractivity contribution in [3.8, 4) is 0 Å². The van der Waals surface area contributed by atoms with E-state index in [0.29, 0.717) is 25.2 Å². The smallest absolute Gasteiger partial charge is 0.334 e. The Balaban J connectivity index is 2.31. The Hall–Kier alpha value is -1.32. The molecule has 1 aliphatic carbocycles. The van der Waals surface area contributed by atoms with Crippen LogP contribution in [0.1, 0.15) is 46.0 Å². The summed E-state index contributed by atoms with van der Waals surface area (Å²) in [5.41, 5.74) is 0.465. The Bertz CT molecular complexity index is 320. The van der Waals surface area contributed by atoms with Gasteiger partial charge in [-0.3, -0.25) is 4.79 Å². The predicted molar refractivity (Wildman–Crippen MR) is 67.9 cm³/mol. The van der Waals surface area contributed by atoms with Gasteiger partial charge in [0.2, 0.25) is 0 Å². The number of allylic oxidation sites excluding steroid dienone is 1. The molecule has 4 nitrogen and oxygen atoms in total. The Labute approximate surface area is 108 Å². The predicted octanol–water partition coefficient (Wildman–Crippen LogP) is 2.62. The molecule has 1 rings (SSSR count). The van der Waals surface area contributed by atoms with Crippen LogP contribution in [0.5, 0.6) is 0 Å². The number of hydrogen-bond donors (Lipinski definition) is 0. The largest absolute Gasteiger partial charge is 0.465 e. The van der Waals surface area contributed by atoms with E-state index in [1.807, 2.05) is 13.8 Å². The Morgan fingerprint density at radius 2 is 1.78 bits per heavy atom. The SMILES string of the molecule is CCCCOC(=O)C1=CCC1C(=O)OCCCC. The molecule has 18 heavy (non-hydrogen) atoms. The van der Waals surface area contributed by atoms with Crippen molar-refractivity contribution in [1.29, 1.82) is 0 Å². The van der Waals surface area contributed by atoms with Crippen molar-refractivity contribution in [3.63, 3.8) is 0 Å². The van der Waals surface area contributed by atoms with Gasteiger partial charge in [0.25, 0.3) is 0 Å². The molecule has 4 heteroatoms. The molecular weight excluding hydrogens is 232 g/mol. The maximum absolute atomic E-state index is 11.7. The van der Waals surface area contributed by atoms with Crippen LogP contribution in [0.2, 0.25) is 0 Å². The fraction of sp³-hybridized carbons (Fsp3) is 0.714. The first-order chi connectivity index (χ1) is 8.70. The minimum Gasteiger partial charge on any atom is -0.465 e. The first-order valence-corrected chi connectivity index (χ1v) is 6.74. The number of esters is 2. The molecule has 1 aliphatic rings. The van der Waals surface area contributed by atoms with Crippen LogP contribution in [0.3, 0.4) is 0 Å². The Morgan fingerprint density at radius 3 is 2.28 bits per heavy atom. The lowest BCUT2D eigenvalue weighted by molar-refractivity contribution is -0.151. The number of unbranched alkanes of at least 4 members (excludes halogenated alkanes) is 2. The third-order valence-electron chi connectivity index (χ3n) is 2.94. The maximum Gasteiger partial charge on any atom is 0.334 e. The molecule has 1 atom stereocenters. The van der Waals surface area contributed by atoms with Crippen LogP contribution in [0, 0.1) is 5.92 Å². The normalized spacial score (nSPS) is 17.7. The van der Waals surface area contributed by atoms with Crippen LogP contribution < -0.4 is 0 Å². The maximum atomic E-state index is 11.7. The lowest BCUT2D eigenvalue weighted by Gasteiger charge is -2.23. The molecule has 0 aromatic carbocycles. The van der Waals surface area contributed by atoms with Gasteiger partial charge < -0.3 is 9.47 Å². The third kappa shape index (κ3) is 4.17. The number of hydrogen-bond acceptors (Lipinski definition) is 4. The van der Waals surface area contributed by atoms with Gasteiger partial charge in [0.05, 0.1) is 19.1 Å². The average molecular weight is 254 g/mol. The van der Waals surface area contributed by atoms with E-state index in [9.17, 15) is 9.59 Å². The summed E-state index contributed by atoms with van der Waals surface area (Å²) in [6, 6.07) is 0. The molecular formula is C14H22O4. The minimum absolute atomic E-state index is 0.298. The Morgan fingerprint density at radius 1 is 1.17 bits per heavy atom. The molecule has 0 saturated carbocycles. The zero-order valence-corrected chi connectivity index (χ0v) is 11.2. The van der Waals surface area contributed by atoms with Gasteiger partial charge in [-0.25, -0.2) is 4.79 Å². The van der Waals surface area contributed by atoms with E-state index in [1.54, 1.807) is 6.08 Å². The molecule has 0 amide bonds. The molecule has 0 N–H and O–H groups in total. The van der Waals surface area contributed by atoms with Gasteiger partial charge in [0.1, 0.15) is 0 Å². The summed E-state index contributed by atoms with van der Waals surface area (Å²) in [6.07, 6.45) is 6.01. The summed E-state index contributed by atoms with van der Waals surface area (Å²) < 4.78 is 10.2. The van der Waals surface area contributed by atoms with Crippen molar-refractivity contribution >= 4 is 11.9 Å². The fourth-order valence-electron chi connectivity index (χ4n) is 1.61. The monoisotopic (exact) mass is 254 g/mol. The van der Waals surface area contributed by atoms with E-state index >= 15 is 0 Å². The van der Waals surface area contributed by atoms with E-state index in [1.165, 1.54) is 0 Å². The average Bonchev–Trinajstić information content (AvgIpc) is 2.28. The molecule has 0 fully saturated rings. The zero-order valence-electron chi connectivity index (χ0n) is 11.2. The molecule has 0 aromatic heterocycles. The van der Waals surface area contributed by atoms with Crippen molar-refractivity contribution < 1.29 is 19.1 Å². The van der Waals surface area contributed by atoms with Gasteiger partial charge in [-0.15, -0.1) is 0 Å². The highest BCUT2D eigenvalue weighted by Crippen LogP contribution is 2.29. The van der Waals surface area contributed by atoms with Crippen LogP contribution in [0.4, 0.5) is 0 Å². The quantitative estimate of drug-likeness (QED) is 0.493. The standard InChI is InChI=1S/C14H22O4/c1-3-5-9-17-13(15)11-7-8-12(11)14(16)18-10-6-4-2/h7,12H,3-6,8-10H2,1-2H3. The first kappa shape index (κ1) is 14.7. The van der Waals surface area contributed by atoms with Crippen molar-refractivity contribution in [2.75, 3.05) is 13.2 Å². The minimum atomic E-state index is -0.406. The van der Waals surface area contributed by atoms with E-state index < -0.39 is 5.92 Å². The van der Waals surface area contributed by atoms with Crippen molar-refractivity contribution in [2.45, 2.75) is 46.0 Å². The van der Waals surface area contributed by atoms with Gasteiger partial charge in [0, 0.05) is 5.57 Å². The van der Waals surface area contributed by atoms with E-state index in [-0.39, 0.29) is 11.9 Å². The van der Waals surface area contributed by atoms with Crippen LogP contribution in [0.25, 0.3) is 0 Å². The molecule has 0 spiro atoms. The van der Waals surface area contributed by atoms with Crippen molar-refractivity contribution in [2.24, 2.45) is 5.92 Å². The van der Waals surface area contributed by atoms with E-state index in [4.69, 9.17) is 9.47 Å². The highest BCUT2D eigenvalue weighted by molar-refractivity contribution is 5.97. The molecule has 102 valence electrons. The number of carbonyl (C=O) groups excluding carboxylic acids is 2. The van der Waals surface area contributed by atoms with Gasteiger partial charge in [0.15, 0.2) is 0 Å². The summed E-state index contributed by atoms with van der Waals surface area (Å²) >= 11 is 0. The second-order valence-corrected chi connectivity index (χ2v) is 4.46. The van der Waals surface area contributed by atoms with Gasteiger partial charge in [-0.2, -0.15) is 0 Å². The van der Waals surface area contributed by atoms with Gasteiger partial charge >= 0.3 is 11.9 Å². The second-order valence-electron chi connectivity index (χ2n) is 4.46. The van der Waals surface area contributed by atoms with Crippen LogP contribution in [0.15, 0.2) is 11.6 Å². The van der Waals surface area contributed by atoms with E-state index in [2.05, 4.69) is 0 Å². The van der Waals surface area contributed by atoms with Gasteiger partial charge in [-0.05, 0) is 19.3 Å². The third-order valence-corrected chi connectivity index (χ3v) is 2.94. The summed E-state index contributed by atoms with van der Waals surface area (Å²) in [6.45, 7) is 4.92. The highest BCUT2D eigenvalue weighted by Gasteiger charge is 2.35. The lowest BCUT2D eigenvalue weighted by Crippen LogP contribution is -2.30. The van der Waals surface area contributed by atoms with Crippen LogP contribution in [-0.2, 0) is 19.1 Å². The zero-order chi connectivity index (χ0) is 13.4. The van der Waals surface area contributed by atoms with Crippen molar-refractivity contribution in [1.82, 2.24) is 0 Å². The van der Waals surface area contributed by atoms with E-state index in [0.717, 1.165) is 25.7 Å². The summed E-state index contributed by atoms with van der Waals surface area (Å²) in [7, 11) is 0. The number of carbonyl (C=O) groups is 2. The van der Waals surface area contributed by atoms with Crippen molar-refractivity contribution in [3.05, 3.63) is 11.6 Å².